The first kappa shape index (κ1) is 11.1. The minimum atomic E-state index is 0.767. The number of hydrogen-bond donors (Lipinski definition) is 1. The Hall–Kier alpha value is -1.41. The van der Waals surface area contributed by atoms with Crippen molar-refractivity contribution in [1.29, 1.82) is 0 Å². The lowest BCUT2D eigenvalue weighted by Crippen LogP contribution is -1.91. The Labute approximate surface area is 102 Å². The third kappa shape index (κ3) is 3.04. The number of rotatable bonds is 3. The summed E-state index contributed by atoms with van der Waals surface area (Å²) in [6.45, 7) is 0. The van der Waals surface area contributed by atoms with Crippen LogP contribution in [-0.2, 0) is 0 Å². The van der Waals surface area contributed by atoms with Crippen LogP contribution in [0.25, 0.3) is 0 Å². The van der Waals surface area contributed by atoms with Crippen LogP contribution in [0.15, 0.2) is 66.0 Å². The fourth-order valence-corrected chi connectivity index (χ4v) is 1.70. The van der Waals surface area contributed by atoms with Gasteiger partial charge in [0, 0.05) is 5.75 Å². The van der Waals surface area contributed by atoms with E-state index in [-0.39, 0.29) is 0 Å². The zero-order valence-corrected chi connectivity index (χ0v) is 9.86. The minimum absolute atomic E-state index is 0.767. The summed E-state index contributed by atoms with van der Waals surface area (Å²) < 4.78 is 5.74. The van der Waals surface area contributed by atoms with E-state index in [0.29, 0.717) is 0 Å². The molecule has 0 bridgehead atoms. The van der Waals surface area contributed by atoms with E-state index in [9.17, 15) is 0 Å². The van der Waals surface area contributed by atoms with E-state index in [1.165, 1.54) is 5.57 Å². The smallest absolute Gasteiger partial charge is 0.127 e. The van der Waals surface area contributed by atoms with Gasteiger partial charge in [0.25, 0.3) is 0 Å². The van der Waals surface area contributed by atoms with Crippen LogP contribution < -0.4 is 4.74 Å². The Bertz CT molecular complexity index is 429. The standard InChI is InChI=1S/C14H14OS/c16-11-12-5-4-8-14(10-9-12)15-13-6-2-1-3-7-13/h1-3,5-10,16H,4,11H2. The first-order chi connectivity index (χ1) is 7.88. The van der Waals surface area contributed by atoms with Crippen LogP contribution in [0.2, 0.25) is 0 Å². The van der Waals surface area contributed by atoms with E-state index in [0.717, 1.165) is 23.7 Å². The van der Waals surface area contributed by atoms with Crippen molar-refractivity contribution in [3.8, 4) is 5.75 Å². The van der Waals surface area contributed by atoms with Gasteiger partial charge in [-0.3, -0.25) is 0 Å². The molecule has 0 saturated heterocycles. The number of allylic oxidation sites excluding steroid dienone is 4. The van der Waals surface area contributed by atoms with Crippen LogP contribution in [0.4, 0.5) is 0 Å². The maximum absolute atomic E-state index is 5.74. The van der Waals surface area contributed by atoms with Crippen molar-refractivity contribution in [2.45, 2.75) is 6.42 Å². The zero-order valence-electron chi connectivity index (χ0n) is 8.97. The van der Waals surface area contributed by atoms with Crippen LogP contribution in [0.3, 0.4) is 0 Å². The minimum Gasteiger partial charge on any atom is -0.458 e. The fourth-order valence-electron chi connectivity index (χ4n) is 1.47. The third-order valence-electron chi connectivity index (χ3n) is 2.32. The average molecular weight is 230 g/mol. The second kappa shape index (κ2) is 5.61. The lowest BCUT2D eigenvalue weighted by atomic mass is 10.2. The Morgan fingerprint density at radius 3 is 2.62 bits per heavy atom. The third-order valence-corrected chi connectivity index (χ3v) is 2.69. The zero-order chi connectivity index (χ0) is 11.2. The summed E-state index contributed by atoms with van der Waals surface area (Å²) >= 11 is 4.26. The summed E-state index contributed by atoms with van der Waals surface area (Å²) in [5, 5.41) is 0. The first-order valence-electron chi connectivity index (χ1n) is 5.29. The van der Waals surface area contributed by atoms with Crippen molar-refractivity contribution >= 4 is 12.6 Å². The molecule has 0 unspecified atom stereocenters. The molecule has 1 aliphatic rings. The van der Waals surface area contributed by atoms with Crippen molar-refractivity contribution in [2.24, 2.45) is 0 Å². The van der Waals surface area contributed by atoms with Crippen molar-refractivity contribution in [3.63, 3.8) is 0 Å². The normalized spacial score (nSPS) is 15.1. The van der Waals surface area contributed by atoms with Crippen molar-refractivity contribution in [3.05, 3.63) is 66.0 Å². The van der Waals surface area contributed by atoms with Gasteiger partial charge in [0.05, 0.1) is 0 Å². The van der Waals surface area contributed by atoms with E-state index in [2.05, 4.69) is 30.9 Å². The molecule has 2 heteroatoms. The molecule has 0 saturated carbocycles. The molecule has 0 N–H and O–H groups in total. The molecular weight excluding hydrogens is 216 g/mol. The van der Waals surface area contributed by atoms with Gasteiger partial charge in [0.1, 0.15) is 11.5 Å². The molecule has 0 fully saturated rings. The van der Waals surface area contributed by atoms with Crippen LogP contribution in [0.5, 0.6) is 5.75 Å². The Kier molecular flexibility index (Phi) is 3.89. The van der Waals surface area contributed by atoms with Gasteiger partial charge >= 0.3 is 0 Å². The summed E-state index contributed by atoms with van der Waals surface area (Å²) in [7, 11) is 0. The second-order valence-corrected chi connectivity index (χ2v) is 3.84. The molecule has 2 rings (SSSR count). The van der Waals surface area contributed by atoms with E-state index in [4.69, 9.17) is 4.74 Å². The monoisotopic (exact) mass is 230 g/mol. The van der Waals surface area contributed by atoms with Crippen molar-refractivity contribution < 1.29 is 4.74 Å². The van der Waals surface area contributed by atoms with Gasteiger partial charge < -0.3 is 4.74 Å². The molecule has 1 aliphatic carbocycles. The van der Waals surface area contributed by atoms with E-state index >= 15 is 0 Å². The predicted octanol–water partition coefficient (Wildman–Crippen LogP) is 3.77. The lowest BCUT2D eigenvalue weighted by molar-refractivity contribution is 0.443. The van der Waals surface area contributed by atoms with E-state index < -0.39 is 0 Å². The van der Waals surface area contributed by atoms with Gasteiger partial charge in [-0.25, -0.2) is 0 Å². The van der Waals surface area contributed by atoms with E-state index in [1.807, 2.05) is 36.4 Å². The Morgan fingerprint density at radius 2 is 1.88 bits per heavy atom. The Balaban J connectivity index is 2.05. The van der Waals surface area contributed by atoms with Crippen molar-refractivity contribution in [2.75, 3.05) is 5.75 Å². The second-order valence-electron chi connectivity index (χ2n) is 3.53. The largest absolute Gasteiger partial charge is 0.458 e. The topological polar surface area (TPSA) is 9.23 Å². The molecule has 0 aliphatic heterocycles. The van der Waals surface area contributed by atoms with Gasteiger partial charge in [0.15, 0.2) is 0 Å². The predicted molar refractivity (Wildman–Crippen MR) is 70.8 cm³/mol. The van der Waals surface area contributed by atoms with Crippen LogP contribution >= 0.6 is 12.6 Å². The van der Waals surface area contributed by atoms with Crippen LogP contribution in [-0.4, -0.2) is 5.75 Å². The molecule has 0 spiro atoms. The molecule has 0 amide bonds. The maximum atomic E-state index is 5.74. The van der Waals surface area contributed by atoms with Gasteiger partial charge in [-0.1, -0.05) is 30.4 Å². The highest BCUT2D eigenvalue weighted by atomic mass is 32.1. The summed E-state index contributed by atoms with van der Waals surface area (Å²) in [4.78, 5) is 0. The van der Waals surface area contributed by atoms with Gasteiger partial charge in [-0.15, -0.1) is 0 Å². The van der Waals surface area contributed by atoms with Crippen molar-refractivity contribution in [1.82, 2.24) is 0 Å². The first-order valence-corrected chi connectivity index (χ1v) is 5.93. The quantitative estimate of drug-likeness (QED) is 0.778. The molecule has 1 aromatic carbocycles. The molecule has 0 atom stereocenters. The highest BCUT2D eigenvalue weighted by Crippen LogP contribution is 2.17. The number of hydrogen-bond acceptors (Lipinski definition) is 2. The van der Waals surface area contributed by atoms with Crippen LogP contribution in [0.1, 0.15) is 6.42 Å². The molecular formula is C14H14OS. The average Bonchev–Trinajstić information content (AvgIpc) is 2.56. The van der Waals surface area contributed by atoms with E-state index in [1.54, 1.807) is 0 Å². The summed E-state index contributed by atoms with van der Waals surface area (Å²) in [5.74, 6) is 2.52. The molecule has 0 heterocycles. The number of thiol groups is 1. The molecule has 82 valence electrons. The molecule has 0 radical (unpaired) electrons. The summed E-state index contributed by atoms with van der Waals surface area (Å²) in [6.07, 6.45) is 9.16. The number of para-hydroxylation sites is 1. The number of ether oxygens (including phenoxy) is 1. The molecule has 16 heavy (non-hydrogen) atoms. The highest BCUT2D eigenvalue weighted by molar-refractivity contribution is 7.80. The molecule has 1 nitrogen and oxygen atoms in total. The summed E-state index contributed by atoms with van der Waals surface area (Å²) in [5.41, 5.74) is 1.23. The van der Waals surface area contributed by atoms with Crippen LogP contribution in [0, 0.1) is 0 Å². The Morgan fingerprint density at radius 1 is 1.06 bits per heavy atom. The highest BCUT2D eigenvalue weighted by Gasteiger charge is 1.99. The van der Waals surface area contributed by atoms with Gasteiger partial charge in [-0.2, -0.15) is 12.6 Å². The molecule has 0 aromatic heterocycles. The number of benzene rings is 1. The summed E-state index contributed by atoms with van der Waals surface area (Å²) in [6, 6.07) is 9.81. The van der Waals surface area contributed by atoms with Gasteiger partial charge in [0.2, 0.25) is 0 Å². The molecule has 1 aromatic rings. The SMILES string of the molecule is SCC1=CCC=C(Oc2ccccc2)C=C1. The lowest BCUT2D eigenvalue weighted by Gasteiger charge is -2.05. The fraction of sp³-hybridized carbons (Fsp3) is 0.143. The maximum Gasteiger partial charge on any atom is 0.127 e. The van der Waals surface area contributed by atoms with Gasteiger partial charge in [-0.05, 0) is 36.3 Å².